The maximum atomic E-state index is 10.1. The Hall–Kier alpha value is -0.410. The van der Waals surface area contributed by atoms with Crippen LogP contribution in [0.15, 0.2) is 0 Å². The maximum Gasteiger partial charge on any atom is 0.119 e. The fourth-order valence-corrected chi connectivity index (χ4v) is 2.57. The van der Waals surface area contributed by atoms with Gasteiger partial charge >= 0.3 is 0 Å². The van der Waals surface area contributed by atoms with Gasteiger partial charge in [0.15, 0.2) is 0 Å². The predicted molar refractivity (Wildman–Crippen MR) is 58.5 cm³/mol. The van der Waals surface area contributed by atoms with Crippen LogP contribution in [-0.2, 0) is 4.79 Å². The normalized spacial score (nSPS) is 32.9. The number of aldehydes is 1. The van der Waals surface area contributed by atoms with Gasteiger partial charge in [0.05, 0.1) is 11.7 Å². The van der Waals surface area contributed by atoms with E-state index < -0.39 is 11.7 Å². The van der Waals surface area contributed by atoms with Crippen molar-refractivity contribution in [2.45, 2.75) is 63.6 Å². The molecule has 1 aliphatic rings. The van der Waals surface area contributed by atoms with E-state index >= 15 is 0 Å². The van der Waals surface area contributed by atoms with E-state index in [-0.39, 0.29) is 5.92 Å². The molecule has 88 valence electrons. The van der Waals surface area contributed by atoms with Gasteiger partial charge in [-0.25, -0.2) is 0 Å². The molecule has 3 atom stereocenters. The fourth-order valence-electron chi connectivity index (χ4n) is 2.57. The van der Waals surface area contributed by atoms with Gasteiger partial charge in [0.25, 0.3) is 0 Å². The minimum Gasteiger partial charge on any atom is -0.393 e. The third kappa shape index (κ3) is 3.58. The van der Waals surface area contributed by atoms with Gasteiger partial charge in [0.2, 0.25) is 0 Å². The van der Waals surface area contributed by atoms with Crippen molar-refractivity contribution in [2.75, 3.05) is 0 Å². The topological polar surface area (TPSA) is 57.5 Å². The zero-order chi connectivity index (χ0) is 11.3. The van der Waals surface area contributed by atoms with E-state index in [2.05, 4.69) is 0 Å². The van der Waals surface area contributed by atoms with Crippen molar-refractivity contribution >= 4 is 6.29 Å². The summed E-state index contributed by atoms with van der Waals surface area (Å²) in [5, 5.41) is 19.9. The highest BCUT2D eigenvalue weighted by molar-refractivity contribution is 5.48. The van der Waals surface area contributed by atoms with Crippen LogP contribution in [0.4, 0.5) is 0 Å². The fraction of sp³-hybridized carbons (Fsp3) is 0.917. The Morgan fingerprint density at radius 3 is 2.80 bits per heavy atom. The van der Waals surface area contributed by atoms with Gasteiger partial charge in [-0.3, -0.25) is 0 Å². The lowest BCUT2D eigenvalue weighted by Crippen LogP contribution is -2.37. The van der Waals surface area contributed by atoms with E-state index in [1.54, 1.807) is 0 Å². The average molecular weight is 214 g/mol. The molecule has 0 spiro atoms. The largest absolute Gasteiger partial charge is 0.393 e. The van der Waals surface area contributed by atoms with Crippen LogP contribution in [-0.4, -0.2) is 28.2 Å². The third-order valence-electron chi connectivity index (χ3n) is 3.53. The van der Waals surface area contributed by atoms with Crippen molar-refractivity contribution in [1.82, 2.24) is 0 Å². The zero-order valence-electron chi connectivity index (χ0n) is 9.48. The second-order valence-corrected chi connectivity index (χ2v) is 4.87. The number of hydrogen-bond acceptors (Lipinski definition) is 3. The van der Waals surface area contributed by atoms with E-state index in [1.807, 2.05) is 6.92 Å². The van der Waals surface area contributed by atoms with E-state index in [1.165, 1.54) is 0 Å². The van der Waals surface area contributed by atoms with Crippen LogP contribution in [0.5, 0.6) is 0 Å². The lowest BCUT2D eigenvalue weighted by molar-refractivity contribution is -0.108. The predicted octanol–water partition coefficient (Wildman–Crippen LogP) is 1.66. The van der Waals surface area contributed by atoms with Gasteiger partial charge in [0, 0.05) is 12.3 Å². The molecule has 3 heteroatoms. The number of unbranched alkanes of at least 4 members (excludes halogenated alkanes) is 2. The molecule has 0 heterocycles. The van der Waals surface area contributed by atoms with E-state index in [9.17, 15) is 15.0 Å². The molecule has 0 radical (unpaired) electrons. The Morgan fingerprint density at radius 2 is 2.27 bits per heavy atom. The quantitative estimate of drug-likeness (QED) is 0.522. The van der Waals surface area contributed by atoms with Crippen molar-refractivity contribution in [3.05, 3.63) is 0 Å². The summed E-state index contributed by atoms with van der Waals surface area (Å²) >= 11 is 0. The summed E-state index contributed by atoms with van der Waals surface area (Å²) in [6.07, 6.45) is 6.21. The highest BCUT2D eigenvalue weighted by Crippen LogP contribution is 2.38. The monoisotopic (exact) mass is 214 g/mol. The smallest absolute Gasteiger partial charge is 0.119 e. The van der Waals surface area contributed by atoms with Gasteiger partial charge in [0.1, 0.15) is 6.29 Å². The standard InChI is InChI=1S/C12H22O3/c1-12(15)8-5-6-10(12)11(14)7-3-2-4-9-13/h9-11,14-15H,2-8H2,1H3/t10-,11?,12+/m0/s1. The summed E-state index contributed by atoms with van der Waals surface area (Å²) < 4.78 is 0. The molecule has 3 nitrogen and oxygen atoms in total. The van der Waals surface area contributed by atoms with Crippen LogP contribution in [0.2, 0.25) is 0 Å². The zero-order valence-corrected chi connectivity index (χ0v) is 9.48. The Labute approximate surface area is 91.5 Å². The molecule has 2 N–H and O–H groups in total. The molecule has 1 rings (SSSR count). The molecule has 0 aromatic heterocycles. The molecular formula is C12H22O3. The molecule has 15 heavy (non-hydrogen) atoms. The van der Waals surface area contributed by atoms with Crippen molar-refractivity contribution < 1.29 is 15.0 Å². The highest BCUT2D eigenvalue weighted by Gasteiger charge is 2.40. The second kappa shape index (κ2) is 5.61. The van der Waals surface area contributed by atoms with Crippen LogP contribution in [0, 0.1) is 5.92 Å². The molecule has 1 saturated carbocycles. The van der Waals surface area contributed by atoms with Gasteiger partial charge in [-0.2, -0.15) is 0 Å². The van der Waals surface area contributed by atoms with Crippen molar-refractivity contribution in [2.24, 2.45) is 5.92 Å². The van der Waals surface area contributed by atoms with E-state index in [4.69, 9.17) is 0 Å². The van der Waals surface area contributed by atoms with Crippen LogP contribution in [0.3, 0.4) is 0 Å². The molecule has 0 aliphatic heterocycles. The molecular weight excluding hydrogens is 192 g/mol. The van der Waals surface area contributed by atoms with E-state index in [0.29, 0.717) is 12.8 Å². The summed E-state index contributed by atoms with van der Waals surface area (Å²) in [7, 11) is 0. The highest BCUT2D eigenvalue weighted by atomic mass is 16.3. The van der Waals surface area contributed by atoms with Crippen LogP contribution >= 0.6 is 0 Å². The Balaban J connectivity index is 2.27. The molecule has 0 bridgehead atoms. The van der Waals surface area contributed by atoms with Gasteiger partial charge in [-0.15, -0.1) is 0 Å². The number of hydrogen-bond donors (Lipinski definition) is 2. The summed E-state index contributed by atoms with van der Waals surface area (Å²) in [4.78, 5) is 10.1. The summed E-state index contributed by atoms with van der Waals surface area (Å²) in [6.45, 7) is 1.82. The molecule has 0 aromatic rings. The molecule has 0 aromatic carbocycles. The van der Waals surface area contributed by atoms with Gasteiger partial charge < -0.3 is 15.0 Å². The third-order valence-corrected chi connectivity index (χ3v) is 3.53. The summed E-state index contributed by atoms with van der Waals surface area (Å²) in [5.41, 5.74) is -0.690. The van der Waals surface area contributed by atoms with Crippen molar-refractivity contribution in [3.8, 4) is 0 Å². The van der Waals surface area contributed by atoms with Crippen molar-refractivity contribution in [3.63, 3.8) is 0 Å². The SMILES string of the molecule is C[C@@]1(O)CCC[C@H]1C(O)CCCCC=O. The van der Waals surface area contributed by atoms with E-state index in [0.717, 1.165) is 38.4 Å². The summed E-state index contributed by atoms with van der Waals surface area (Å²) in [5.74, 6) is 0.0220. The number of carbonyl (C=O) groups is 1. The first-order valence-corrected chi connectivity index (χ1v) is 5.92. The first kappa shape index (κ1) is 12.7. The molecule has 1 aliphatic carbocycles. The molecule has 0 amide bonds. The average Bonchev–Trinajstić information content (AvgIpc) is 2.52. The van der Waals surface area contributed by atoms with Crippen molar-refractivity contribution in [1.29, 1.82) is 0 Å². The Bertz CT molecular complexity index is 201. The minimum atomic E-state index is -0.690. The van der Waals surface area contributed by atoms with Crippen LogP contribution in [0.25, 0.3) is 0 Å². The Morgan fingerprint density at radius 1 is 1.53 bits per heavy atom. The Kier molecular flexibility index (Phi) is 4.74. The lowest BCUT2D eigenvalue weighted by atomic mass is 9.86. The number of aliphatic hydroxyl groups is 2. The maximum absolute atomic E-state index is 10.1. The first-order valence-electron chi connectivity index (χ1n) is 5.92. The lowest BCUT2D eigenvalue weighted by Gasteiger charge is -2.29. The molecule has 1 unspecified atom stereocenters. The summed E-state index contributed by atoms with van der Waals surface area (Å²) in [6, 6.07) is 0. The van der Waals surface area contributed by atoms with Gasteiger partial charge in [-0.05, 0) is 32.6 Å². The minimum absolute atomic E-state index is 0.0220. The molecule has 1 fully saturated rings. The first-order chi connectivity index (χ1) is 7.08. The van der Waals surface area contributed by atoms with Crippen LogP contribution in [0.1, 0.15) is 51.9 Å². The number of rotatable bonds is 6. The second-order valence-electron chi connectivity index (χ2n) is 4.87. The number of carbonyl (C=O) groups excluding carboxylic acids is 1. The number of aliphatic hydroxyl groups excluding tert-OH is 1. The van der Waals surface area contributed by atoms with Gasteiger partial charge in [-0.1, -0.05) is 12.8 Å². The molecule has 0 saturated heterocycles. The van der Waals surface area contributed by atoms with Crippen LogP contribution < -0.4 is 0 Å².